The molecule has 0 radical (unpaired) electrons. The van der Waals surface area contributed by atoms with Gasteiger partial charge in [0.05, 0.1) is 0 Å². The molecule has 0 bridgehead atoms. The SMILES string of the molecule is CC=CC=C1C=C(C=Cc2ccc(SCCCC)cc2)CC(C)(C)C1. The Hall–Kier alpha value is -1.47. The molecule has 1 aliphatic rings. The van der Waals surface area contributed by atoms with Crippen LogP contribution in [0.4, 0.5) is 0 Å². The van der Waals surface area contributed by atoms with Crippen LogP contribution in [0.2, 0.25) is 0 Å². The van der Waals surface area contributed by atoms with E-state index in [0.29, 0.717) is 5.41 Å². The molecule has 0 aromatic heterocycles. The third kappa shape index (κ3) is 7.12. The van der Waals surface area contributed by atoms with Crippen LogP contribution in [-0.4, -0.2) is 5.75 Å². The lowest BCUT2D eigenvalue weighted by molar-refractivity contribution is 0.355. The predicted molar refractivity (Wildman–Crippen MR) is 115 cm³/mol. The molecule has 0 saturated carbocycles. The highest BCUT2D eigenvalue weighted by atomic mass is 32.2. The van der Waals surface area contributed by atoms with Gasteiger partial charge in [-0.15, -0.1) is 11.8 Å². The summed E-state index contributed by atoms with van der Waals surface area (Å²) >= 11 is 1.96. The number of benzene rings is 1. The zero-order valence-electron chi connectivity index (χ0n) is 16.2. The molecule has 0 amide bonds. The summed E-state index contributed by atoms with van der Waals surface area (Å²) in [6.45, 7) is 9.04. The van der Waals surface area contributed by atoms with Gasteiger partial charge in [-0.3, -0.25) is 0 Å². The summed E-state index contributed by atoms with van der Waals surface area (Å²) in [5.41, 5.74) is 4.47. The van der Waals surface area contributed by atoms with Gasteiger partial charge in [0.15, 0.2) is 0 Å². The van der Waals surface area contributed by atoms with Gasteiger partial charge in [0.2, 0.25) is 0 Å². The zero-order valence-corrected chi connectivity index (χ0v) is 17.0. The van der Waals surface area contributed by atoms with Crippen LogP contribution < -0.4 is 0 Å². The number of allylic oxidation sites excluding steroid dienone is 7. The molecule has 1 aliphatic carbocycles. The van der Waals surface area contributed by atoms with Gasteiger partial charge in [-0.25, -0.2) is 0 Å². The van der Waals surface area contributed by atoms with Crippen molar-refractivity contribution in [3.63, 3.8) is 0 Å². The largest absolute Gasteiger partial charge is 0.126 e. The molecular weight excluding hydrogens is 320 g/mol. The first-order valence-corrected chi connectivity index (χ1v) is 10.4. The normalized spacial score (nSPS) is 19.0. The second-order valence-corrected chi connectivity index (χ2v) is 8.78. The molecule has 0 fully saturated rings. The first-order valence-electron chi connectivity index (χ1n) is 9.46. The van der Waals surface area contributed by atoms with Crippen molar-refractivity contribution in [2.45, 2.75) is 58.3 Å². The standard InChI is InChI=1S/C24H32S/c1-5-7-9-21-17-22(19-24(3,4)18-21)11-10-20-12-14-23(15-13-20)25-16-8-6-2/h5,7,9-15,17H,6,8,16,18-19H2,1-4H3. The van der Waals surface area contributed by atoms with Crippen molar-refractivity contribution in [2.24, 2.45) is 5.41 Å². The quantitative estimate of drug-likeness (QED) is 0.356. The lowest BCUT2D eigenvalue weighted by atomic mass is 9.75. The average Bonchev–Trinajstić information content (AvgIpc) is 2.58. The van der Waals surface area contributed by atoms with E-state index in [4.69, 9.17) is 0 Å². The summed E-state index contributed by atoms with van der Waals surface area (Å²) in [5, 5.41) is 0. The highest BCUT2D eigenvalue weighted by molar-refractivity contribution is 7.99. The average molecular weight is 353 g/mol. The predicted octanol–water partition coefficient (Wildman–Crippen LogP) is 7.84. The molecule has 1 heteroatoms. The van der Waals surface area contributed by atoms with Crippen LogP contribution in [0, 0.1) is 5.41 Å². The highest BCUT2D eigenvalue weighted by Crippen LogP contribution is 2.38. The van der Waals surface area contributed by atoms with Gasteiger partial charge in [-0.05, 0) is 66.2 Å². The maximum atomic E-state index is 2.36. The van der Waals surface area contributed by atoms with E-state index >= 15 is 0 Å². The Labute approximate surface area is 158 Å². The summed E-state index contributed by atoms with van der Waals surface area (Å²) in [7, 11) is 0. The smallest absolute Gasteiger partial charge is 0.00723 e. The topological polar surface area (TPSA) is 0 Å². The van der Waals surface area contributed by atoms with Crippen molar-refractivity contribution >= 4 is 17.8 Å². The highest BCUT2D eigenvalue weighted by Gasteiger charge is 2.24. The first-order chi connectivity index (χ1) is 12.0. The van der Waals surface area contributed by atoms with Gasteiger partial charge in [-0.1, -0.05) is 75.8 Å². The Balaban J connectivity index is 2.05. The Morgan fingerprint density at radius 3 is 2.52 bits per heavy atom. The minimum atomic E-state index is 0.335. The van der Waals surface area contributed by atoms with Crippen molar-refractivity contribution in [2.75, 3.05) is 5.75 Å². The maximum absolute atomic E-state index is 2.36. The molecule has 0 heterocycles. The van der Waals surface area contributed by atoms with Gasteiger partial charge in [-0.2, -0.15) is 0 Å². The van der Waals surface area contributed by atoms with Gasteiger partial charge < -0.3 is 0 Å². The number of hydrogen-bond donors (Lipinski definition) is 0. The Bertz CT molecular complexity index is 654. The van der Waals surface area contributed by atoms with Crippen LogP contribution in [0.3, 0.4) is 0 Å². The number of thioether (sulfide) groups is 1. The van der Waals surface area contributed by atoms with Gasteiger partial charge in [0.1, 0.15) is 0 Å². The summed E-state index contributed by atoms with van der Waals surface area (Å²) in [5.74, 6) is 1.22. The summed E-state index contributed by atoms with van der Waals surface area (Å²) < 4.78 is 0. The van der Waals surface area contributed by atoms with E-state index < -0.39 is 0 Å². The molecule has 0 spiro atoms. The molecule has 1 aromatic carbocycles. The van der Waals surface area contributed by atoms with E-state index in [1.54, 1.807) is 0 Å². The first kappa shape index (κ1) is 19.8. The van der Waals surface area contributed by atoms with E-state index in [-0.39, 0.29) is 0 Å². The van der Waals surface area contributed by atoms with Crippen molar-refractivity contribution < 1.29 is 0 Å². The Morgan fingerprint density at radius 2 is 1.84 bits per heavy atom. The fourth-order valence-corrected chi connectivity index (χ4v) is 4.15. The Morgan fingerprint density at radius 1 is 1.08 bits per heavy atom. The number of hydrogen-bond acceptors (Lipinski definition) is 1. The molecule has 1 aromatic rings. The summed E-state index contributed by atoms with van der Waals surface area (Å²) in [4.78, 5) is 1.38. The van der Waals surface area contributed by atoms with Gasteiger partial charge in [0.25, 0.3) is 0 Å². The van der Waals surface area contributed by atoms with E-state index in [1.165, 1.54) is 40.2 Å². The molecule has 0 unspecified atom stereocenters. The van der Waals surface area contributed by atoms with Crippen LogP contribution in [0.1, 0.15) is 58.9 Å². The van der Waals surface area contributed by atoms with Crippen LogP contribution in [-0.2, 0) is 0 Å². The van der Waals surface area contributed by atoms with Crippen LogP contribution >= 0.6 is 11.8 Å². The molecule has 0 saturated heterocycles. The molecular formula is C24H32S. The van der Waals surface area contributed by atoms with Crippen LogP contribution in [0.15, 0.2) is 70.7 Å². The second kappa shape index (κ2) is 9.87. The van der Waals surface area contributed by atoms with Crippen molar-refractivity contribution in [1.82, 2.24) is 0 Å². The molecule has 2 rings (SSSR count). The van der Waals surface area contributed by atoms with Crippen molar-refractivity contribution in [3.8, 4) is 0 Å². The molecule has 0 nitrogen and oxygen atoms in total. The third-order valence-corrected chi connectivity index (χ3v) is 5.47. The third-order valence-electron chi connectivity index (χ3n) is 4.38. The lowest BCUT2D eigenvalue weighted by Gasteiger charge is -2.30. The van der Waals surface area contributed by atoms with E-state index in [1.807, 2.05) is 11.8 Å². The van der Waals surface area contributed by atoms with Crippen LogP contribution in [0.5, 0.6) is 0 Å². The molecule has 0 atom stereocenters. The molecule has 134 valence electrons. The number of rotatable bonds is 7. The zero-order chi connectivity index (χ0) is 18.1. The number of unbranched alkanes of at least 4 members (excludes halogenated alkanes) is 1. The second-order valence-electron chi connectivity index (χ2n) is 7.61. The fourth-order valence-electron chi connectivity index (χ4n) is 3.15. The molecule has 25 heavy (non-hydrogen) atoms. The van der Waals surface area contributed by atoms with Gasteiger partial charge >= 0.3 is 0 Å². The summed E-state index contributed by atoms with van der Waals surface area (Å²) in [6, 6.07) is 8.96. The lowest BCUT2D eigenvalue weighted by Crippen LogP contribution is -2.16. The van der Waals surface area contributed by atoms with Gasteiger partial charge in [0, 0.05) is 4.90 Å². The fraction of sp³-hybridized carbons (Fsp3) is 0.417. The van der Waals surface area contributed by atoms with E-state index in [2.05, 4.69) is 88.4 Å². The summed E-state index contributed by atoms with van der Waals surface area (Å²) in [6.07, 6.45) is 18.2. The van der Waals surface area contributed by atoms with Crippen molar-refractivity contribution in [1.29, 1.82) is 0 Å². The minimum Gasteiger partial charge on any atom is -0.126 e. The van der Waals surface area contributed by atoms with Crippen molar-refractivity contribution in [3.05, 3.63) is 71.4 Å². The Kier molecular flexibility index (Phi) is 7.84. The monoisotopic (exact) mass is 352 g/mol. The minimum absolute atomic E-state index is 0.335. The maximum Gasteiger partial charge on any atom is 0.00723 e. The molecule has 0 aliphatic heterocycles. The van der Waals surface area contributed by atoms with E-state index in [9.17, 15) is 0 Å². The van der Waals surface area contributed by atoms with E-state index in [0.717, 1.165) is 12.8 Å². The molecule has 0 N–H and O–H groups in total. The van der Waals surface area contributed by atoms with Crippen LogP contribution in [0.25, 0.3) is 6.08 Å².